The highest BCUT2D eigenvalue weighted by Gasteiger charge is 2.12. The number of hydrogen-bond acceptors (Lipinski definition) is 7. The van der Waals surface area contributed by atoms with Gasteiger partial charge in [0.05, 0.1) is 30.1 Å². The summed E-state index contributed by atoms with van der Waals surface area (Å²) >= 11 is 0. The molecule has 0 spiro atoms. The van der Waals surface area contributed by atoms with Gasteiger partial charge in [-0.2, -0.15) is 5.26 Å². The molecule has 1 amide bonds. The van der Waals surface area contributed by atoms with Gasteiger partial charge in [0.1, 0.15) is 23.5 Å². The van der Waals surface area contributed by atoms with Crippen molar-refractivity contribution in [2.24, 2.45) is 0 Å². The van der Waals surface area contributed by atoms with E-state index in [-0.39, 0.29) is 11.8 Å². The molecule has 8 nitrogen and oxygen atoms in total. The van der Waals surface area contributed by atoms with Crippen LogP contribution in [0.4, 0.5) is 5.69 Å². The lowest BCUT2D eigenvalue weighted by atomic mass is 10.2. The minimum Gasteiger partial charge on any atom is -0.491 e. The van der Waals surface area contributed by atoms with Crippen molar-refractivity contribution in [1.29, 1.82) is 5.26 Å². The van der Waals surface area contributed by atoms with Gasteiger partial charge in [0.2, 0.25) is 0 Å². The maximum absolute atomic E-state index is 12.5. The molecule has 8 heteroatoms. The standard InChI is InChI=1S/C20H17N5O3/c1-13(2)27-16-3-4-24-19(8-16)20(26)25-15-5-14(9-21)6-17(7-15)28-18-10-22-12-23-11-18/h3-8,10-13H,1-2H3,(H,25,26). The van der Waals surface area contributed by atoms with Crippen molar-refractivity contribution < 1.29 is 14.3 Å². The Bertz CT molecular complexity index is 1020. The molecule has 2 heterocycles. The second-order valence-corrected chi connectivity index (χ2v) is 6.03. The second-order valence-electron chi connectivity index (χ2n) is 6.03. The monoisotopic (exact) mass is 375 g/mol. The Morgan fingerprint density at radius 2 is 1.89 bits per heavy atom. The molecule has 0 atom stereocenters. The summed E-state index contributed by atoms with van der Waals surface area (Å²) in [6, 6.07) is 9.97. The molecule has 1 aromatic carbocycles. The smallest absolute Gasteiger partial charge is 0.274 e. The highest BCUT2D eigenvalue weighted by atomic mass is 16.5. The number of carbonyl (C=O) groups excluding carboxylic acids is 1. The second kappa shape index (κ2) is 8.60. The topological polar surface area (TPSA) is 110 Å². The molecule has 1 N–H and O–H groups in total. The van der Waals surface area contributed by atoms with Gasteiger partial charge in [-0.25, -0.2) is 9.97 Å². The maximum atomic E-state index is 12.5. The van der Waals surface area contributed by atoms with Gasteiger partial charge in [-0.1, -0.05) is 0 Å². The fourth-order valence-electron chi connectivity index (χ4n) is 2.34. The number of ether oxygens (including phenoxy) is 2. The largest absolute Gasteiger partial charge is 0.491 e. The first-order chi connectivity index (χ1) is 13.5. The quantitative estimate of drug-likeness (QED) is 0.701. The third kappa shape index (κ3) is 5.02. The average Bonchev–Trinajstić information content (AvgIpc) is 2.68. The Labute approximate surface area is 161 Å². The summed E-state index contributed by atoms with van der Waals surface area (Å²) in [4.78, 5) is 24.4. The van der Waals surface area contributed by atoms with E-state index in [4.69, 9.17) is 9.47 Å². The van der Waals surface area contributed by atoms with Crippen molar-refractivity contribution in [2.45, 2.75) is 20.0 Å². The van der Waals surface area contributed by atoms with Gasteiger partial charge in [0.25, 0.3) is 5.91 Å². The predicted molar refractivity (Wildman–Crippen MR) is 101 cm³/mol. The molecule has 0 aliphatic carbocycles. The Morgan fingerprint density at radius 1 is 1.11 bits per heavy atom. The molecule has 2 aromatic heterocycles. The van der Waals surface area contributed by atoms with E-state index in [0.717, 1.165) is 0 Å². The summed E-state index contributed by atoms with van der Waals surface area (Å²) in [5.41, 5.74) is 0.918. The van der Waals surface area contributed by atoms with Crippen LogP contribution in [0, 0.1) is 11.3 Å². The number of benzene rings is 1. The molecular weight excluding hydrogens is 358 g/mol. The molecule has 140 valence electrons. The fourth-order valence-corrected chi connectivity index (χ4v) is 2.34. The summed E-state index contributed by atoms with van der Waals surface area (Å²) in [7, 11) is 0. The number of nitrogens with zero attached hydrogens (tertiary/aromatic N) is 4. The molecular formula is C20H17N5O3. The Hall–Kier alpha value is -3.99. The highest BCUT2D eigenvalue weighted by molar-refractivity contribution is 6.03. The van der Waals surface area contributed by atoms with Crippen molar-refractivity contribution in [3.8, 4) is 23.3 Å². The number of anilines is 1. The van der Waals surface area contributed by atoms with Crippen molar-refractivity contribution in [3.63, 3.8) is 0 Å². The molecule has 0 bridgehead atoms. The van der Waals surface area contributed by atoms with Crippen LogP contribution in [0.3, 0.4) is 0 Å². The number of carbonyl (C=O) groups is 1. The molecule has 0 aliphatic rings. The molecule has 0 aliphatic heterocycles. The average molecular weight is 375 g/mol. The Balaban J connectivity index is 1.80. The number of nitriles is 1. The van der Waals surface area contributed by atoms with Crippen molar-refractivity contribution in [2.75, 3.05) is 5.32 Å². The fraction of sp³-hybridized carbons (Fsp3) is 0.150. The third-order valence-corrected chi connectivity index (χ3v) is 3.40. The van der Waals surface area contributed by atoms with Crippen LogP contribution in [0.25, 0.3) is 0 Å². The molecule has 0 radical (unpaired) electrons. The molecule has 0 unspecified atom stereocenters. The van der Waals surface area contributed by atoms with E-state index in [1.165, 1.54) is 24.9 Å². The number of amides is 1. The van der Waals surface area contributed by atoms with Crippen LogP contribution in [0.2, 0.25) is 0 Å². The maximum Gasteiger partial charge on any atom is 0.274 e. The molecule has 28 heavy (non-hydrogen) atoms. The first-order valence-corrected chi connectivity index (χ1v) is 8.45. The van der Waals surface area contributed by atoms with Crippen molar-refractivity contribution >= 4 is 11.6 Å². The molecule has 3 rings (SSSR count). The Kier molecular flexibility index (Phi) is 5.77. The Morgan fingerprint density at radius 3 is 2.61 bits per heavy atom. The number of aromatic nitrogens is 3. The molecule has 0 saturated heterocycles. The number of nitrogens with one attached hydrogen (secondary N) is 1. The summed E-state index contributed by atoms with van der Waals surface area (Å²) in [5, 5.41) is 12.0. The molecule has 0 fully saturated rings. The summed E-state index contributed by atoms with van der Waals surface area (Å²) in [6.07, 6.45) is 5.85. The zero-order valence-electron chi connectivity index (χ0n) is 15.3. The van der Waals surface area contributed by atoms with E-state index in [0.29, 0.717) is 28.5 Å². The third-order valence-electron chi connectivity index (χ3n) is 3.40. The zero-order valence-corrected chi connectivity index (χ0v) is 15.3. The predicted octanol–water partition coefficient (Wildman–Crippen LogP) is 3.58. The number of pyridine rings is 1. The van der Waals surface area contributed by atoms with Crippen LogP contribution in [-0.4, -0.2) is 27.0 Å². The van der Waals surface area contributed by atoms with E-state index in [1.807, 2.05) is 19.9 Å². The van der Waals surface area contributed by atoms with E-state index in [2.05, 4.69) is 20.3 Å². The van der Waals surface area contributed by atoms with Crippen molar-refractivity contribution in [1.82, 2.24) is 15.0 Å². The minimum atomic E-state index is -0.432. The van der Waals surface area contributed by atoms with E-state index < -0.39 is 5.91 Å². The molecule has 3 aromatic rings. The van der Waals surface area contributed by atoms with Gasteiger partial charge in [-0.05, 0) is 32.0 Å². The number of rotatable bonds is 6. The van der Waals surface area contributed by atoms with E-state index >= 15 is 0 Å². The van der Waals surface area contributed by atoms with Crippen LogP contribution in [-0.2, 0) is 0 Å². The van der Waals surface area contributed by atoms with Crippen LogP contribution in [0.1, 0.15) is 29.9 Å². The lowest BCUT2D eigenvalue weighted by molar-refractivity contribution is 0.102. The summed E-state index contributed by atoms with van der Waals surface area (Å²) < 4.78 is 11.2. The van der Waals surface area contributed by atoms with Gasteiger partial charge < -0.3 is 14.8 Å². The van der Waals surface area contributed by atoms with Crippen LogP contribution in [0.5, 0.6) is 17.2 Å². The lowest BCUT2D eigenvalue weighted by Gasteiger charge is -2.11. The van der Waals surface area contributed by atoms with E-state index in [9.17, 15) is 10.1 Å². The number of hydrogen-bond donors (Lipinski definition) is 1. The highest BCUT2D eigenvalue weighted by Crippen LogP contribution is 2.26. The zero-order chi connectivity index (χ0) is 19.9. The summed E-state index contributed by atoms with van der Waals surface area (Å²) in [5.74, 6) is 0.899. The van der Waals surface area contributed by atoms with Crippen LogP contribution < -0.4 is 14.8 Å². The van der Waals surface area contributed by atoms with Crippen LogP contribution in [0.15, 0.2) is 55.2 Å². The van der Waals surface area contributed by atoms with Gasteiger partial charge >= 0.3 is 0 Å². The first kappa shape index (κ1) is 18.8. The van der Waals surface area contributed by atoms with E-state index in [1.54, 1.807) is 30.3 Å². The normalized spacial score (nSPS) is 10.2. The first-order valence-electron chi connectivity index (χ1n) is 8.45. The van der Waals surface area contributed by atoms with Crippen molar-refractivity contribution in [3.05, 3.63) is 66.5 Å². The van der Waals surface area contributed by atoms with Gasteiger partial charge in [0.15, 0.2) is 5.75 Å². The van der Waals surface area contributed by atoms with Crippen LogP contribution >= 0.6 is 0 Å². The summed E-state index contributed by atoms with van der Waals surface area (Å²) in [6.45, 7) is 3.79. The SMILES string of the molecule is CC(C)Oc1ccnc(C(=O)Nc2cc(C#N)cc(Oc3cncnc3)c2)c1. The minimum absolute atomic E-state index is 0.0210. The molecule has 0 saturated carbocycles. The lowest BCUT2D eigenvalue weighted by Crippen LogP contribution is -2.14. The van der Waals surface area contributed by atoms with Gasteiger partial charge in [-0.3, -0.25) is 9.78 Å². The van der Waals surface area contributed by atoms with Gasteiger partial charge in [-0.15, -0.1) is 0 Å². The van der Waals surface area contributed by atoms with Gasteiger partial charge in [0, 0.05) is 24.0 Å².